The number of pyridine rings is 1. The second-order valence-electron chi connectivity index (χ2n) is 9.17. The van der Waals surface area contributed by atoms with Crippen LogP contribution < -0.4 is 19.9 Å². The Labute approximate surface area is 202 Å². The lowest BCUT2D eigenvalue weighted by Gasteiger charge is -2.44. The van der Waals surface area contributed by atoms with Crippen molar-refractivity contribution in [2.24, 2.45) is 0 Å². The maximum Gasteiger partial charge on any atom is 0.387 e. The Kier molecular flexibility index (Phi) is 7.02. The second kappa shape index (κ2) is 9.85. The van der Waals surface area contributed by atoms with Crippen molar-refractivity contribution in [3.8, 4) is 22.8 Å². The van der Waals surface area contributed by atoms with E-state index in [1.165, 1.54) is 18.3 Å². The van der Waals surface area contributed by atoms with Crippen molar-refractivity contribution in [3.63, 3.8) is 0 Å². The van der Waals surface area contributed by atoms with E-state index in [0.717, 1.165) is 18.4 Å². The highest BCUT2D eigenvalue weighted by Gasteiger charge is 2.45. The van der Waals surface area contributed by atoms with Crippen LogP contribution >= 0.6 is 0 Å². The van der Waals surface area contributed by atoms with E-state index in [4.69, 9.17) is 18.9 Å². The summed E-state index contributed by atoms with van der Waals surface area (Å²) in [5.74, 6) is -0.604. The minimum Gasteiger partial charge on any atom is -0.490 e. The van der Waals surface area contributed by atoms with Gasteiger partial charge in [-0.25, -0.2) is 4.79 Å². The van der Waals surface area contributed by atoms with E-state index < -0.39 is 18.0 Å². The molecule has 0 aliphatic carbocycles. The molecule has 0 N–H and O–H groups in total. The first-order valence-electron chi connectivity index (χ1n) is 11.7. The average molecular weight is 493 g/mol. The first-order valence-corrected chi connectivity index (χ1v) is 11.7. The van der Waals surface area contributed by atoms with Gasteiger partial charge in [0.15, 0.2) is 16.9 Å². The van der Waals surface area contributed by atoms with Gasteiger partial charge in [-0.2, -0.15) is 8.78 Å². The molecule has 0 radical (unpaired) electrons. The maximum absolute atomic E-state index is 13.3. The van der Waals surface area contributed by atoms with Gasteiger partial charge in [0.1, 0.15) is 5.56 Å². The number of hydrogen-bond donors (Lipinski definition) is 0. The molecule has 2 aliphatic heterocycles. The number of methoxy groups -OCH3 is 1. The fourth-order valence-electron chi connectivity index (χ4n) is 4.90. The molecule has 0 bridgehead atoms. The zero-order valence-electron chi connectivity index (χ0n) is 20.3. The van der Waals surface area contributed by atoms with Gasteiger partial charge < -0.3 is 18.9 Å². The summed E-state index contributed by atoms with van der Waals surface area (Å²) in [6, 6.07) is 4.45. The fraction of sp³-hybridized carbons (Fsp3) is 0.520. The van der Waals surface area contributed by atoms with Gasteiger partial charge in [0, 0.05) is 38.0 Å². The van der Waals surface area contributed by atoms with Gasteiger partial charge >= 0.3 is 12.6 Å². The molecule has 1 fully saturated rings. The molecular formula is C25H30F2N2O6. The van der Waals surface area contributed by atoms with Crippen molar-refractivity contribution >= 4 is 5.97 Å². The SMILES string of the molecule is CCOC(=O)c1cn2c(cc1=O)-c1cc(OC(F)F)c(OCCCOC)cc1C1CCC(C)(C)N12. The van der Waals surface area contributed by atoms with Crippen LogP contribution in [-0.2, 0) is 9.47 Å². The lowest BCUT2D eigenvalue weighted by atomic mass is 9.93. The highest BCUT2D eigenvalue weighted by molar-refractivity contribution is 5.89. The lowest BCUT2D eigenvalue weighted by Crippen LogP contribution is -2.50. The van der Waals surface area contributed by atoms with Crippen LogP contribution in [0.5, 0.6) is 11.5 Å². The number of benzene rings is 1. The van der Waals surface area contributed by atoms with Crippen molar-refractivity contribution in [1.82, 2.24) is 4.68 Å². The van der Waals surface area contributed by atoms with Gasteiger partial charge in [-0.1, -0.05) is 0 Å². The molecular weight excluding hydrogens is 462 g/mol. The maximum atomic E-state index is 13.3. The summed E-state index contributed by atoms with van der Waals surface area (Å²) in [6.07, 6.45) is 3.70. The average Bonchev–Trinajstić information content (AvgIpc) is 3.12. The zero-order valence-corrected chi connectivity index (χ0v) is 20.3. The van der Waals surface area contributed by atoms with Gasteiger partial charge in [0.2, 0.25) is 0 Å². The molecule has 1 aromatic heterocycles. The number of carbonyl (C=O) groups is 1. The predicted molar refractivity (Wildman–Crippen MR) is 125 cm³/mol. The Hall–Kier alpha value is -3.14. The van der Waals surface area contributed by atoms with Crippen LogP contribution in [0, 0.1) is 0 Å². The Morgan fingerprint density at radius 1 is 1.20 bits per heavy atom. The van der Waals surface area contributed by atoms with Crippen LogP contribution in [0.2, 0.25) is 0 Å². The van der Waals surface area contributed by atoms with Crippen molar-refractivity contribution in [2.45, 2.75) is 58.2 Å². The molecule has 0 amide bonds. The van der Waals surface area contributed by atoms with Crippen LogP contribution in [0.3, 0.4) is 0 Å². The second-order valence-corrected chi connectivity index (χ2v) is 9.17. The molecule has 0 spiro atoms. The van der Waals surface area contributed by atoms with Gasteiger partial charge in [0.05, 0.1) is 30.5 Å². The number of fused-ring (bicyclic) bond motifs is 6. The van der Waals surface area contributed by atoms with Crippen LogP contribution in [0.25, 0.3) is 11.3 Å². The molecule has 10 heteroatoms. The van der Waals surface area contributed by atoms with Gasteiger partial charge in [-0.05, 0) is 51.3 Å². The minimum absolute atomic E-state index is 0.0809. The third-order valence-electron chi connectivity index (χ3n) is 6.42. The molecule has 1 atom stereocenters. The molecule has 8 nitrogen and oxygen atoms in total. The van der Waals surface area contributed by atoms with Crippen molar-refractivity contribution < 1.29 is 32.5 Å². The zero-order chi connectivity index (χ0) is 25.3. The van der Waals surface area contributed by atoms with E-state index in [2.05, 4.69) is 18.9 Å². The third kappa shape index (κ3) is 4.71. The number of carbonyl (C=O) groups excluding carboxylic acids is 1. The molecule has 2 aliphatic rings. The first kappa shape index (κ1) is 25.0. The Morgan fingerprint density at radius 3 is 2.66 bits per heavy atom. The van der Waals surface area contributed by atoms with Crippen molar-refractivity contribution in [1.29, 1.82) is 0 Å². The fourth-order valence-corrected chi connectivity index (χ4v) is 4.90. The number of rotatable bonds is 9. The molecule has 2 aromatic rings. The summed E-state index contributed by atoms with van der Waals surface area (Å²) in [6.45, 7) is 3.67. The van der Waals surface area contributed by atoms with Crippen LogP contribution in [0.1, 0.15) is 62.0 Å². The number of nitrogens with zero attached hydrogens (tertiary/aromatic N) is 2. The quantitative estimate of drug-likeness (QED) is 0.382. The highest BCUT2D eigenvalue weighted by atomic mass is 19.3. The summed E-state index contributed by atoms with van der Waals surface area (Å²) >= 11 is 0. The predicted octanol–water partition coefficient (Wildman–Crippen LogP) is 4.27. The number of halogens is 2. The summed E-state index contributed by atoms with van der Waals surface area (Å²) < 4.78 is 49.0. The molecule has 1 unspecified atom stereocenters. The Bertz CT molecular complexity index is 1160. The smallest absolute Gasteiger partial charge is 0.387 e. The van der Waals surface area contributed by atoms with Crippen molar-refractivity contribution in [2.75, 3.05) is 31.9 Å². The van der Waals surface area contributed by atoms with Crippen LogP contribution in [0.4, 0.5) is 8.78 Å². The number of alkyl halides is 2. The molecule has 1 saturated heterocycles. The largest absolute Gasteiger partial charge is 0.490 e. The first-order chi connectivity index (χ1) is 16.7. The molecule has 35 heavy (non-hydrogen) atoms. The van der Waals surface area contributed by atoms with Crippen LogP contribution in [-0.4, -0.2) is 49.7 Å². The summed E-state index contributed by atoms with van der Waals surface area (Å²) in [5, 5.41) is 2.12. The summed E-state index contributed by atoms with van der Waals surface area (Å²) in [7, 11) is 1.58. The van der Waals surface area contributed by atoms with Gasteiger partial charge in [-0.3, -0.25) is 14.5 Å². The number of ether oxygens (including phenoxy) is 4. The number of aromatic nitrogens is 1. The Morgan fingerprint density at radius 2 is 1.97 bits per heavy atom. The van der Waals surface area contributed by atoms with Crippen molar-refractivity contribution in [3.05, 3.63) is 45.7 Å². The molecule has 0 saturated carbocycles. The van der Waals surface area contributed by atoms with E-state index >= 15 is 0 Å². The normalized spacial score (nSPS) is 17.6. The van der Waals surface area contributed by atoms with E-state index in [9.17, 15) is 18.4 Å². The van der Waals surface area contributed by atoms with Gasteiger partial charge in [0.25, 0.3) is 0 Å². The Balaban J connectivity index is 1.88. The molecule has 4 rings (SSSR count). The standard InChI is InChI=1S/C25H30F2N2O6/c1-5-33-23(31)17-14-28-19(13-20(17)30)16-12-22(35-24(26)27)21(34-10-6-9-32-4)11-15(16)18-7-8-25(2,3)29(18)28/h11-14,18,24H,5-10H2,1-4H3. The van der Waals surface area contributed by atoms with E-state index in [1.54, 1.807) is 24.8 Å². The lowest BCUT2D eigenvalue weighted by molar-refractivity contribution is -0.0515. The van der Waals surface area contributed by atoms with E-state index in [1.807, 2.05) is 0 Å². The molecule has 1 aromatic carbocycles. The highest BCUT2D eigenvalue weighted by Crippen LogP contribution is 2.50. The number of hydrogen-bond acceptors (Lipinski definition) is 7. The topological polar surface area (TPSA) is 79.2 Å². The molecule has 190 valence electrons. The molecule has 3 heterocycles. The third-order valence-corrected chi connectivity index (χ3v) is 6.42. The monoisotopic (exact) mass is 492 g/mol. The van der Waals surface area contributed by atoms with Gasteiger partial charge in [-0.15, -0.1) is 0 Å². The summed E-state index contributed by atoms with van der Waals surface area (Å²) in [4.78, 5) is 25.3. The number of esters is 1. The van der Waals surface area contributed by atoms with Crippen LogP contribution in [0.15, 0.2) is 29.2 Å². The van der Waals surface area contributed by atoms with E-state index in [0.29, 0.717) is 24.3 Å². The van der Waals surface area contributed by atoms with E-state index in [-0.39, 0.29) is 41.9 Å². The minimum atomic E-state index is -3.05. The summed E-state index contributed by atoms with van der Waals surface area (Å²) in [5.41, 5.74) is 1.03.